The minimum atomic E-state index is -0.327. The molecule has 0 aromatic rings. The lowest BCUT2D eigenvalue weighted by molar-refractivity contribution is -0.148. The van der Waals surface area contributed by atoms with Gasteiger partial charge in [0.25, 0.3) is 0 Å². The Labute approximate surface area is 121 Å². The van der Waals surface area contributed by atoms with Crippen LogP contribution in [0.3, 0.4) is 0 Å². The molecule has 0 aliphatic heterocycles. The van der Waals surface area contributed by atoms with E-state index in [0.29, 0.717) is 19.8 Å². The lowest BCUT2D eigenvalue weighted by Gasteiger charge is -2.20. The molecule has 6 heteroatoms. The average Bonchev–Trinajstić information content (AvgIpc) is 2.38. The zero-order chi connectivity index (χ0) is 15.2. The molecule has 0 unspecified atom stereocenters. The maximum absolute atomic E-state index is 11.5. The zero-order valence-corrected chi connectivity index (χ0v) is 12.6. The van der Waals surface area contributed by atoms with Gasteiger partial charge in [0, 0.05) is 6.61 Å². The predicted molar refractivity (Wildman–Crippen MR) is 75.3 cm³/mol. The Kier molecular flexibility index (Phi) is 12.1. The summed E-state index contributed by atoms with van der Waals surface area (Å²) in [5.74, 6) is -0.653. The lowest BCUT2D eigenvalue weighted by atomic mass is 10.2. The first-order valence-electron chi connectivity index (χ1n) is 7.28. The number of aliphatic hydroxyl groups excluding tert-OH is 1. The molecular formula is C14H27NO5. The average molecular weight is 289 g/mol. The van der Waals surface area contributed by atoms with Crippen LogP contribution in [0.4, 0.5) is 0 Å². The van der Waals surface area contributed by atoms with E-state index >= 15 is 0 Å². The molecule has 20 heavy (non-hydrogen) atoms. The van der Waals surface area contributed by atoms with Crippen molar-refractivity contribution < 1.29 is 24.2 Å². The summed E-state index contributed by atoms with van der Waals surface area (Å²) in [6.07, 6.45) is 3.57. The van der Waals surface area contributed by atoms with Crippen LogP contribution in [0, 0.1) is 0 Å². The number of aliphatic hydroxyl groups is 1. The van der Waals surface area contributed by atoms with E-state index in [0.717, 1.165) is 25.7 Å². The number of ether oxygens (including phenoxy) is 2. The van der Waals surface area contributed by atoms with E-state index in [1.54, 1.807) is 18.7 Å². The van der Waals surface area contributed by atoms with Gasteiger partial charge in [0.2, 0.25) is 0 Å². The van der Waals surface area contributed by atoms with E-state index in [-0.39, 0.29) is 31.6 Å². The standard InChI is InChI=1S/C14H27NO5/c1-3-19-13(17)11-15(12-14(18)20-4-2)9-7-5-6-8-10-16/h16H,3-12H2,1-2H3. The van der Waals surface area contributed by atoms with Crippen LogP contribution in [-0.2, 0) is 19.1 Å². The molecule has 6 nitrogen and oxygen atoms in total. The Morgan fingerprint density at radius 3 is 1.85 bits per heavy atom. The van der Waals surface area contributed by atoms with Gasteiger partial charge in [-0.3, -0.25) is 14.5 Å². The minimum absolute atomic E-state index is 0.104. The number of carbonyl (C=O) groups is 2. The normalized spacial score (nSPS) is 10.6. The Balaban J connectivity index is 4.10. The van der Waals surface area contributed by atoms with Crippen molar-refractivity contribution in [3.63, 3.8) is 0 Å². The topological polar surface area (TPSA) is 76.1 Å². The first-order chi connectivity index (χ1) is 9.63. The molecule has 0 bridgehead atoms. The number of esters is 2. The molecular weight excluding hydrogens is 262 g/mol. The van der Waals surface area contributed by atoms with Crippen molar-refractivity contribution in [1.82, 2.24) is 4.90 Å². The second-order valence-corrected chi connectivity index (χ2v) is 4.46. The molecule has 0 aromatic carbocycles. The SMILES string of the molecule is CCOC(=O)CN(CCCCCCO)CC(=O)OCC. The summed E-state index contributed by atoms with van der Waals surface area (Å²) >= 11 is 0. The lowest BCUT2D eigenvalue weighted by Crippen LogP contribution is -2.36. The van der Waals surface area contributed by atoms with Crippen molar-refractivity contribution in [2.24, 2.45) is 0 Å². The van der Waals surface area contributed by atoms with Crippen molar-refractivity contribution in [1.29, 1.82) is 0 Å². The van der Waals surface area contributed by atoms with Gasteiger partial charge >= 0.3 is 11.9 Å². The molecule has 0 radical (unpaired) electrons. The molecule has 0 aliphatic carbocycles. The third-order valence-electron chi connectivity index (χ3n) is 2.70. The molecule has 0 aromatic heterocycles. The van der Waals surface area contributed by atoms with Crippen LogP contribution in [0.25, 0.3) is 0 Å². The van der Waals surface area contributed by atoms with Crippen LogP contribution in [0.1, 0.15) is 39.5 Å². The summed E-state index contributed by atoms with van der Waals surface area (Å²) in [5, 5.41) is 8.70. The van der Waals surface area contributed by atoms with E-state index in [1.807, 2.05) is 0 Å². The van der Waals surface area contributed by atoms with Crippen molar-refractivity contribution in [2.45, 2.75) is 39.5 Å². The maximum atomic E-state index is 11.5. The summed E-state index contributed by atoms with van der Waals surface area (Å²) in [6.45, 7) is 5.23. The Hall–Kier alpha value is -1.14. The summed E-state index contributed by atoms with van der Waals surface area (Å²) in [6, 6.07) is 0. The molecule has 0 rings (SSSR count). The Morgan fingerprint density at radius 1 is 0.900 bits per heavy atom. The molecule has 0 amide bonds. The van der Waals surface area contributed by atoms with E-state index in [1.165, 1.54) is 0 Å². The second kappa shape index (κ2) is 12.9. The monoisotopic (exact) mass is 289 g/mol. The first-order valence-corrected chi connectivity index (χ1v) is 7.28. The highest BCUT2D eigenvalue weighted by Gasteiger charge is 2.15. The van der Waals surface area contributed by atoms with Gasteiger partial charge in [-0.15, -0.1) is 0 Å². The van der Waals surface area contributed by atoms with Gasteiger partial charge in [-0.2, -0.15) is 0 Å². The third-order valence-corrected chi connectivity index (χ3v) is 2.70. The fourth-order valence-corrected chi connectivity index (χ4v) is 1.79. The number of hydrogen-bond acceptors (Lipinski definition) is 6. The van der Waals surface area contributed by atoms with Gasteiger partial charge in [0.1, 0.15) is 0 Å². The third kappa shape index (κ3) is 10.8. The fraction of sp³-hybridized carbons (Fsp3) is 0.857. The molecule has 0 spiro atoms. The molecule has 0 heterocycles. The van der Waals surface area contributed by atoms with Crippen molar-refractivity contribution in [2.75, 3.05) is 39.5 Å². The van der Waals surface area contributed by atoms with Crippen LogP contribution < -0.4 is 0 Å². The molecule has 118 valence electrons. The molecule has 0 fully saturated rings. The quantitative estimate of drug-likeness (QED) is 0.426. The highest BCUT2D eigenvalue weighted by Crippen LogP contribution is 2.02. The van der Waals surface area contributed by atoms with Gasteiger partial charge < -0.3 is 14.6 Å². The second-order valence-electron chi connectivity index (χ2n) is 4.46. The number of carbonyl (C=O) groups excluding carboxylic acids is 2. The van der Waals surface area contributed by atoms with Gasteiger partial charge in [0.05, 0.1) is 26.3 Å². The van der Waals surface area contributed by atoms with Gasteiger partial charge in [-0.1, -0.05) is 12.8 Å². The first kappa shape index (κ1) is 18.9. The number of rotatable bonds is 12. The fourth-order valence-electron chi connectivity index (χ4n) is 1.79. The van der Waals surface area contributed by atoms with E-state index in [9.17, 15) is 9.59 Å². The molecule has 0 saturated heterocycles. The minimum Gasteiger partial charge on any atom is -0.465 e. The van der Waals surface area contributed by atoms with E-state index < -0.39 is 0 Å². The Morgan fingerprint density at radius 2 is 1.40 bits per heavy atom. The van der Waals surface area contributed by atoms with Gasteiger partial charge in [0.15, 0.2) is 0 Å². The van der Waals surface area contributed by atoms with Gasteiger partial charge in [-0.25, -0.2) is 0 Å². The van der Waals surface area contributed by atoms with Crippen molar-refractivity contribution >= 4 is 11.9 Å². The summed E-state index contributed by atoms with van der Waals surface area (Å²) in [4.78, 5) is 24.7. The molecule has 0 aliphatic rings. The smallest absolute Gasteiger partial charge is 0.320 e. The summed E-state index contributed by atoms with van der Waals surface area (Å²) in [7, 11) is 0. The van der Waals surface area contributed by atoms with Crippen LogP contribution in [0.5, 0.6) is 0 Å². The maximum Gasteiger partial charge on any atom is 0.320 e. The van der Waals surface area contributed by atoms with Gasteiger partial charge in [-0.05, 0) is 33.2 Å². The van der Waals surface area contributed by atoms with Crippen molar-refractivity contribution in [3.8, 4) is 0 Å². The number of nitrogens with zero attached hydrogens (tertiary/aromatic N) is 1. The van der Waals surface area contributed by atoms with Crippen LogP contribution in [-0.4, -0.2) is 61.4 Å². The van der Waals surface area contributed by atoms with Crippen LogP contribution in [0.15, 0.2) is 0 Å². The Bertz CT molecular complexity index is 250. The highest BCUT2D eigenvalue weighted by molar-refractivity contribution is 5.75. The number of unbranched alkanes of at least 4 members (excludes halogenated alkanes) is 3. The molecule has 0 atom stereocenters. The predicted octanol–water partition coefficient (Wildman–Crippen LogP) is 0.967. The van der Waals surface area contributed by atoms with Crippen LogP contribution in [0.2, 0.25) is 0 Å². The molecule has 0 saturated carbocycles. The summed E-state index contributed by atoms with van der Waals surface area (Å²) < 4.78 is 9.79. The summed E-state index contributed by atoms with van der Waals surface area (Å²) in [5.41, 5.74) is 0. The largest absolute Gasteiger partial charge is 0.465 e. The highest BCUT2D eigenvalue weighted by atomic mass is 16.5. The van der Waals surface area contributed by atoms with E-state index in [2.05, 4.69) is 0 Å². The van der Waals surface area contributed by atoms with Crippen molar-refractivity contribution in [3.05, 3.63) is 0 Å². The van der Waals surface area contributed by atoms with E-state index in [4.69, 9.17) is 14.6 Å². The van der Waals surface area contributed by atoms with Crippen LogP contribution >= 0.6 is 0 Å². The number of hydrogen-bond donors (Lipinski definition) is 1. The molecule has 1 N–H and O–H groups in total. The zero-order valence-electron chi connectivity index (χ0n) is 12.6.